The third-order valence-corrected chi connectivity index (χ3v) is 4.45. The second kappa shape index (κ2) is 7.67. The van der Waals surface area contributed by atoms with Gasteiger partial charge in [0, 0.05) is 12.7 Å². The zero-order valence-electron chi connectivity index (χ0n) is 14.6. The summed E-state index contributed by atoms with van der Waals surface area (Å²) in [7, 11) is 0. The van der Waals surface area contributed by atoms with Crippen molar-refractivity contribution in [2.24, 2.45) is 0 Å². The van der Waals surface area contributed by atoms with Crippen LogP contribution in [-0.2, 0) is 17.8 Å². The van der Waals surface area contributed by atoms with Crippen LogP contribution >= 0.6 is 11.6 Å². The van der Waals surface area contributed by atoms with E-state index in [1.807, 2.05) is 41.8 Å². The molecule has 7 nitrogen and oxygen atoms in total. The van der Waals surface area contributed by atoms with Crippen molar-refractivity contribution >= 4 is 34.4 Å². The fourth-order valence-electron chi connectivity index (χ4n) is 2.97. The van der Waals surface area contributed by atoms with Crippen LogP contribution in [0.3, 0.4) is 0 Å². The summed E-state index contributed by atoms with van der Waals surface area (Å²) in [6.07, 6.45) is 2.20. The normalized spacial score (nSPS) is 10.9. The molecular weight excluding hydrogens is 370 g/mol. The molecule has 0 bridgehead atoms. The number of nitrogens with one attached hydrogen (secondary N) is 1. The number of nitrogens with zero attached hydrogens (tertiary/aromatic N) is 2. The van der Waals surface area contributed by atoms with Crippen LogP contribution in [0.2, 0.25) is 5.02 Å². The van der Waals surface area contributed by atoms with Crippen molar-refractivity contribution in [3.8, 4) is 5.75 Å². The average Bonchev–Trinajstić information content (AvgIpc) is 2.97. The number of aromatic nitrogens is 2. The number of halogens is 1. The molecule has 0 fully saturated rings. The number of rotatable bonds is 6. The summed E-state index contributed by atoms with van der Waals surface area (Å²) < 4.78 is 1.89. The van der Waals surface area contributed by atoms with Crippen molar-refractivity contribution < 1.29 is 19.8 Å². The van der Waals surface area contributed by atoms with Gasteiger partial charge in [0.15, 0.2) is 11.4 Å². The molecule has 0 saturated carbocycles. The zero-order chi connectivity index (χ0) is 19.6. The first kappa shape index (κ1) is 18.7. The first-order chi connectivity index (χ1) is 12.9. The van der Waals surface area contributed by atoms with E-state index in [2.05, 4.69) is 10.3 Å². The highest BCUT2D eigenvalue weighted by Gasteiger charge is 2.23. The van der Waals surface area contributed by atoms with Crippen LogP contribution < -0.4 is 5.32 Å². The van der Waals surface area contributed by atoms with Crippen molar-refractivity contribution in [1.29, 1.82) is 0 Å². The Hall–Kier alpha value is -3.06. The van der Waals surface area contributed by atoms with E-state index in [1.165, 1.54) is 0 Å². The van der Waals surface area contributed by atoms with E-state index in [9.17, 15) is 14.7 Å². The third kappa shape index (κ3) is 3.73. The first-order valence-corrected chi connectivity index (χ1v) is 8.74. The highest BCUT2D eigenvalue weighted by atomic mass is 35.5. The number of aryl methyl sites for hydroxylation is 1. The standard InChI is InChI=1S/C19H18ClN3O4/c1-2-13-17-15(18(26)16(22-13)19(27)21-8-14(24)25)12(20)10-23(17)9-11-6-4-3-5-7-11/h3-7,10,26H,2,8-9H2,1H3,(H,21,27)(H,24,25). The number of benzene rings is 1. The minimum absolute atomic E-state index is 0.236. The Labute approximate surface area is 160 Å². The summed E-state index contributed by atoms with van der Waals surface area (Å²) in [6.45, 7) is 1.84. The summed E-state index contributed by atoms with van der Waals surface area (Å²) in [5, 5.41) is 22.2. The molecule has 0 aliphatic heterocycles. The molecule has 3 N–H and O–H groups in total. The molecule has 0 unspecified atom stereocenters. The minimum Gasteiger partial charge on any atom is -0.505 e. The number of pyridine rings is 1. The van der Waals surface area contributed by atoms with E-state index in [-0.39, 0.29) is 11.4 Å². The van der Waals surface area contributed by atoms with Crippen LogP contribution in [0.5, 0.6) is 5.75 Å². The molecule has 3 aromatic rings. The number of carboxylic acid groups (broad SMARTS) is 1. The number of carbonyl (C=O) groups is 2. The molecule has 27 heavy (non-hydrogen) atoms. The highest BCUT2D eigenvalue weighted by molar-refractivity contribution is 6.36. The quantitative estimate of drug-likeness (QED) is 0.603. The van der Waals surface area contributed by atoms with Crippen LogP contribution in [0.1, 0.15) is 28.7 Å². The molecule has 8 heteroatoms. The van der Waals surface area contributed by atoms with Crippen molar-refractivity contribution in [3.05, 3.63) is 58.5 Å². The highest BCUT2D eigenvalue weighted by Crippen LogP contribution is 2.37. The van der Waals surface area contributed by atoms with Gasteiger partial charge in [-0.25, -0.2) is 4.98 Å². The van der Waals surface area contributed by atoms with Gasteiger partial charge in [-0.3, -0.25) is 9.59 Å². The molecule has 0 saturated heterocycles. The topological polar surface area (TPSA) is 104 Å². The van der Waals surface area contributed by atoms with Crippen LogP contribution in [0, 0.1) is 0 Å². The number of hydrogen-bond acceptors (Lipinski definition) is 4. The fourth-order valence-corrected chi connectivity index (χ4v) is 3.26. The summed E-state index contributed by atoms with van der Waals surface area (Å²) in [5.41, 5.74) is 2.06. The lowest BCUT2D eigenvalue weighted by atomic mass is 10.1. The predicted molar refractivity (Wildman–Crippen MR) is 101 cm³/mol. The Morgan fingerprint density at radius 2 is 1.96 bits per heavy atom. The number of amides is 1. The molecule has 1 aromatic carbocycles. The molecule has 2 heterocycles. The van der Waals surface area contributed by atoms with E-state index < -0.39 is 18.4 Å². The fraction of sp³-hybridized carbons (Fsp3) is 0.211. The van der Waals surface area contributed by atoms with Crippen LogP contribution in [0.15, 0.2) is 36.5 Å². The van der Waals surface area contributed by atoms with Crippen molar-refractivity contribution in [1.82, 2.24) is 14.9 Å². The summed E-state index contributed by atoms with van der Waals surface area (Å²) in [6, 6.07) is 9.75. The van der Waals surface area contributed by atoms with Gasteiger partial charge < -0.3 is 20.1 Å². The Bertz CT molecular complexity index is 1010. The van der Waals surface area contributed by atoms with Gasteiger partial charge >= 0.3 is 5.97 Å². The maximum Gasteiger partial charge on any atom is 0.322 e. The van der Waals surface area contributed by atoms with Gasteiger partial charge in [-0.15, -0.1) is 0 Å². The van der Waals surface area contributed by atoms with Crippen LogP contribution in [-0.4, -0.2) is 38.2 Å². The molecule has 2 aromatic heterocycles. The number of carbonyl (C=O) groups excluding carboxylic acids is 1. The van der Waals surface area contributed by atoms with E-state index in [1.54, 1.807) is 6.20 Å². The lowest BCUT2D eigenvalue weighted by Crippen LogP contribution is -2.30. The molecule has 0 radical (unpaired) electrons. The van der Waals surface area contributed by atoms with Gasteiger partial charge in [0.2, 0.25) is 0 Å². The van der Waals surface area contributed by atoms with E-state index >= 15 is 0 Å². The molecule has 0 spiro atoms. The van der Waals surface area contributed by atoms with Gasteiger partial charge in [-0.05, 0) is 12.0 Å². The monoisotopic (exact) mass is 387 g/mol. The smallest absolute Gasteiger partial charge is 0.322 e. The molecule has 3 rings (SSSR count). The largest absolute Gasteiger partial charge is 0.505 e. The van der Waals surface area contributed by atoms with Gasteiger partial charge in [-0.1, -0.05) is 48.9 Å². The lowest BCUT2D eigenvalue weighted by Gasteiger charge is -2.12. The second-order valence-corrected chi connectivity index (χ2v) is 6.41. The molecule has 1 amide bonds. The third-order valence-electron chi connectivity index (χ3n) is 4.16. The zero-order valence-corrected chi connectivity index (χ0v) is 15.3. The van der Waals surface area contributed by atoms with Crippen LogP contribution in [0.4, 0.5) is 0 Å². The van der Waals surface area contributed by atoms with Crippen molar-refractivity contribution in [3.63, 3.8) is 0 Å². The molecule has 0 aliphatic carbocycles. The van der Waals surface area contributed by atoms with E-state index in [4.69, 9.17) is 16.7 Å². The Kier molecular flexibility index (Phi) is 5.32. The second-order valence-electron chi connectivity index (χ2n) is 6.00. The minimum atomic E-state index is -1.19. The molecule has 0 aliphatic rings. The summed E-state index contributed by atoms with van der Waals surface area (Å²) in [4.78, 5) is 27.2. The van der Waals surface area contributed by atoms with E-state index in [0.717, 1.165) is 5.56 Å². The predicted octanol–water partition coefficient (Wildman–Crippen LogP) is 2.82. The first-order valence-electron chi connectivity index (χ1n) is 8.36. The Morgan fingerprint density at radius 3 is 2.59 bits per heavy atom. The number of hydrogen-bond donors (Lipinski definition) is 3. The van der Waals surface area contributed by atoms with Crippen molar-refractivity contribution in [2.75, 3.05) is 6.54 Å². The number of aromatic hydroxyl groups is 1. The summed E-state index contributed by atoms with van der Waals surface area (Å²) in [5.74, 6) is -2.31. The van der Waals surface area contributed by atoms with Gasteiger partial charge in [0.25, 0.3) is 5.91 Å². The SMILES string of the molecule is CCc1nc(C(=O)NCC(=O)O)c(O)c2c(Cl)cn(Cc3ccccc3)c12. The Morgan fingerprint density at radius 1 is 1.26 bits per heavy atom. The van der Waals surface area contributed by atoms with Crippen LogP contribution in [0.25, 0.3) is 10.9 Å². The molecular formula is C19H18ClN3O4. The number of carboxylic acids is 1. The van der Waals surface area contributed by atoms with Gasteiger partial charge in [0.1, 0.15) is 6.54 Å². The number of aliphatic carboxylic acids is 1. The summed E-state index contributed by atoms with van der Waals surface area (Å²) >= 11 is 6.35. The van der Waals surface area contributed by atoms with Crippen molar-refractivity contribution in [2.45, 2.75) is 19.9 Å². The lowest BCUT2D eigenvalue weighted by molar-refractivity contribution is -0.135. The molecule has 0 atom stereocenters. The van der Waals surface area contributed by atoms with E-state index in [0.29, 0.717) is 34.6 Å². The Balaban J connectivity index is 2.11. The maximum atomic E-state index is 12.2. The van der Waals surface area contributed by atoms with Gasteiger partial charge in [0.05, 0.1) is 21.6 Å². The average molecular weight is 388 g/mol. The van der Waals surface area contributed by atoms with Gasteiger partial charge in [-0.2, -0.15) is 0 Å². The maximum absolute atomic E-state index is 12.2. The number of fused-ring (bicyclic) bond motifs is 1. The molecule has 140 valence electrons.